The summed E-state index contributed by atoms with van der Waals surface area (Å²) >= 11 is 0. The van der Waals surface area contributed by atoms with E-state index in [4.69, 9.17) is 4.74 Å². The number of methoxy groups -OCH3 is 1. The van der Waals surface area contributed by atoms with E-state index in [9.17, 15) is 9.18 Å². The SMILES string of the molecule is CNC(=O)c1nc(C)c(C)c(N2CC[C@@H](NCc3cc(F)cc(OC)c3)C2)n1. The maximum absolute atomic E-state index is 13.7. The zero-order valence-electron chi connectivity index (χ0n) is 16.7. The number of aromatic nitrogens is 2. The highest BCUT2D eigenvalue weighted by atomic mass is 19.1. The Balaban J connectivity index is 1.68. The van der Waals surface area contributed by atoms with Crippen LogP contribution in [0.3, 0.4) is 0 Å². The predicted octanol–water partition coefficient (Wildman–Crippen LogP) is 1.97. The molecule has 8 heteroatoms. The molecule has 3 rings (SSSR count). The molecule has 7 nitrogen and oxygen atoms in total. The lowest BCUT2D eigenvalue weighted by Gasteiger charge is -2.21. The number of amides is 1. The molecular formula is C20H26FN5O2. The highest BCUT2D eigenvalue weighted by molar-refractivity contribution is 5.90. The van der Waals surface area contributed by atoms with E-state index in [0.29, 0.717) is 12.3 Å². The first-order valence-corrected chi connectivity index (χ1v) is 9.30. The van der Waals surface area contributed by atoms with E-state index < -0.39 is 0 Å². The average Bonchev–Trinajstić information content (AvgIpc) is 3.16. The Bertz CT molecular complexity index is 874. The molecule has 0 bridgehead atoms. The molecule has 2 aromatic rings. The summed E-state index contributed by atoms with van der Waals surface area (Å²) in [6.45, 7) is 6.00. The number of anilines is 1. The normalized spacial score (nSPS) is 16.3. The lowest BCUT2D eigenvalue weighted by atomic mass is 10.2. The van der Waals surface area contributed by atoms with Crippen LogP contribution in [-0.4, -0.2) is 49.2 Å². The third kappa shape index (κ3) is 4.39. The number of carbonyl (C=O) groups is 1. The smallest absolute Gasteiger partial charge is 0.288 e. The second-order valence-corrected chi connectivity index (χ2v) is 6.97. The fraction of sp³-hybridized carbons (Fsp3) is 0.450. The van der Waals surface area contributed by atoms with Crippen molar-refractivity contribution in [2.75, 3.05) is 32.1 Å². The Morgan fingerprint density at radius 3 is 2.82 bits per heavy atom. The summed E-state index contributed by atoms with van der Waals surface area (Å²) in [5.74, 6) is 0.890. The quantitative estimate of drug-likeness (QED) is 0.789. The van der Waals surface area contributed by atoms with Crippen LogP contribution in [-0.2, 0) is 6.54 Å². The molecule has 1 aromatic carbocycles. The molecule has 1 saturated heterocycles. The summed E-state index contributed by atoms with van der Waals surface area (Å²) in [6, 6.07) is 4.95. The van der Waals surface area contributed by atoms with Crippen molar-refractivity contribution < 1.29 is 13.9 Å². The molecule has 2 N–H and O–H groups in total. The molecular weight excluding hydrogens is 361 g/mol. The molecule has 28 heavy (non-hydrogen) atoms. The molecule has 1 aliphatic heterocycles. The van der Waals surface area contributed by atoms with Crippen LogP contribution in [0.2, 0.25) is 0 Å². The monoisotopic (exact) mass is 387 g/mol. The lowest BCUT2D eigenvalue weighted by Crippen LogP contribution is -2.33. The summed E-state index contributed by atoms with van der Waals surface area (Å²) in [6.07, 6.45) is 0.935. The molecule has 0 aliphatic carbocycles. The topological polar surface area (TPSA) is 79.4 Å². The van der Waals surface area contributed by atoms with Gasteiger partial charge < -0.3 is 20.3 Å². The van der Waals surface area contributed by atoms with Gasteiger partial charge >= 0.3 is 0 Å². The number of rotatable bonds is 6. The van der Waals surface area contributed by atoms with E-state index in [1.165, 1.54) is 19.2 Å². The standard InChI is InChI=1S/C20H26FN5O2/c1-12-13(2)24-18(20(27)22-3)25-19(12)26-6-5-16(11-26)23-10-14-7-15(21)9-17(8-14)28-4/h7-9,16,23H,5-6,10-11H2,1-4H3,(H,22,27)/t16-/m1/s1. The zero-order valence-corrected chi connectivity index (χ0v) is 16.7. The van der Waals surface area contributed by atoms with E-state index in [0.717, 1.165) is 42.1 Å². The molecule has 1 aromatic heterocycles. The van der Waals surface area contributed by atoms with E-state index >= 15 is 0 Å². The first-order valence-electron chi connectivity index (χ1n) is 9.30. The first kappa shape index (κ1) is 20.0. The van der Waals surface area contributed by atoms with Gasteiger partial charge in [0.2, 0.25) is 5.82 Å². The zero-order chi connectivity index (χ0) is 20.3. The van der Waals surface area contributed by atoms with Gasteiger partial charge in [0.15, 0.2) is 0 Å². The molecule has 0 unspecified atom stereocenters. The van der Waals surface area contributed by atoms with Crippen molar-refractivity contribution in [2.45, 2.75) is 32.9 Å². The van der Waals surface area contributed by atoms with Gasteiger partial charge in [0.25, 0.3) is 5.91 Å². The van der Waals surface area contributed by atoms with Crippen molar-refractivity contribution in [1.82, 2.24) is 20.6 Å². The van der Waals surface area contributed by atoms with Gasteiger partial charge in [-0.05, 0) is 38.0 Å². The van der Waals surface area contributed by atoms with Crippen LogP contribution in [0, 0.1) is 19.7 Å². The van der Waals surface area contributed by atoms with Crippen molar-refractivity contribution in [3.63, 3.8) is 0 Å². The minimum Gasteiger partial charge on any atom is -0.497 e. The van der Waals surface area contributed by atoms with Crippen molar-refractivity contribution >= 4 is 11.7 Å². The molecule has 0 radical (unpaired) electrons. The Labute approximate surface area is 164 Å². The highest BCUT2D eigenvalue weighted by Gasteiger charge is 2.26. The summed E-state index contributed by atoms with van der Waals surface area (Å²) in [4.78, 5) is 22.9. The van der Waals surface area contributed by atoms with Crippen LogP contribution >= 0.6 is 0 Å². The van der Waals surface area contributed by atoms with Crippen molar-refractivity contribution in [3.8, 4) is 5.75 Å². The maximum Gasteiger partial charge on any atom is 0.288 e. The molecule has 1 aliphatic rings. The van der Waals surface area contributed by atoms with Gasteiger partial charge in [-0.25, -0.2) is 14.4 Å². The van der Waals surface area contributed by atoms with Crippen LogP contribution in [0.4, 0.5) is 10.2 Å². The number of nitrogens with one attached hydrogen (secondary N) is 2. The summed E-state index contributed by atoms with van der Waals surface area (Å²) in [7, 11) is 3.09. The highest BCUT2D eigenvalue weighted by Crippen LogP contribution is 2.24. The molecule has 150 valence electrons. The van der Waals surface area contributed by atoms with E-state index in [-0.39, 0.29) is 23.6 Å². The number of carbonyl (C=O) groups excluding carboxylic acids is 1. The van der Waals surface area contributed by atoms with Gasteiger partial charge in [0.05, 0.1) is 7.11 Å². The number of ether oxygens (including phenoxy) is 1. The van der Waals surface area contributed by atoms with Gasteiger partial charge in [-0.3, -0.25) is 4.79 Å². The van der Waals surface area contributed by atoms with Crippen molar-refractivity contribution in [1.29, 1.82) is 0 Å². The molecule has 1 amide bonds. The van der Waals surface area contributed by atoms with E-state index in [2.05, 4.69) is 25.5 Å². The first-order chi connectivity index (χ1) is 13.4. The summed E-state index contributed by atoms with van der Waals surface area (Å²) in [5, 5.41) is 6.04. The third-order valence-corrected chi connectivity index (χ3v) is 5.04. The number of aryl methyl sites for hydroxylation is 1. The molecule has 0 spiro atoms. The van der Waals surface area contributed by atoms with E-state index in [1.807, 2.05) is 19.9 Å². The Hall–Kier alpha value is -2.74. The largest absolute Gasteiger partial charge is 0.497 e. The second kappa shape index (κ2) is 8.52. The Morgan fingerprint density at radius 1 is 1.32 bits per heavy atom. The number of benzene rings is 1. The number of hydrogen-bond donors (Lipinski definition) is 2. The Kier molecular flexibility index (Phi) is 6.08. The number of hydrogen-bond acceptors (Lipinski definition) is 6. The van der Waals surface area contributed by atoms with E-state index in [1.54, 1.807) is 7.05 Å². The summed E-state index contributed by atoms with van der Waals surface area (Å²) in [5.41, 5.74) is 2.61. The molecule has 1 fully saturated rings. The van der Waals surface area contributed by atoms with Gasteiger partial charge in [-0.1, -0.05) is 0 Å². The minimum atomic E-state index is -0.307. The van der Waals surface area contributed by atoms with Gasteiger partial charge in [0, 0.05) is 50.0 Å². The molecule has 2 heterocycles. The maximum atomic E-state index is 13.7. The third-order valence-electron chi connectivity index (χ3n) is 5.04. The van der Waals surface area contributed by atoms with Crippen LogP contribution < -0.4 is 20.3 Å². The number of halogens is 1. The fourth-order valence-electron chi connectivity index (χ4n) is 3.36. The van der Waals surface area contributed by atoms with Gasteiger partial charge in [-0.15, -0.1) is 0 Å². The van der Waals surface area contributed by atoms with Gasteiger partial charge in [-0.2, -0.15) is 0 Å². The van der Waals surface area contributed by atoms with Crippen LogP contribution in [0.15, 0.2) is 18.2 Å². The summed E-state index contributed by atoms with van der Waals surface area (Å²) < 4.78 is 18.8. The van der Waals surface area contributed by atoms with Crippen molar-refractivity contribution in [2.24, 2.45) is 0 Å². The Morgan fingerprint density at radius 2 is 2.11 bits per heavy atom. The minimum absolute atomic E-state index is 0.184. The molecule has 0 saturated carbocycles. The second-order valence-electron chi connectivity index (χ2n) is 6.97. The number of nitrogens with zero attached hydrogens (tertiary/aromatic N) is 3. The predicted molar refractivity (Wildman–Crippen MR) is 105 cm³/mol. The van der Waals surface area contributed by atoms with Crippen LogP contribution in [0.25, 0.3) is 0 Å². The lowest BCUT2D eigenvalue weighted by molar-refractivity contribution is 0.0952. The fourth-order valence-corrected chi connectivity index (χ4v) is 3.36. The average molecular weight is 387 g/mol. The van der Waals surface area contributed by atoms with Crippen LogP contribution in [0.5, 0.6) is 5.75 Å². The van der Waals surface area contributed by atoms with Crippen molar-refractivity contribution in [3.05, 3.63) is 46.7 Å². The van der Waals surface area contributed by atoms with Crippen LogP contribution in [0.1, 0.15) is 33.9 Å². The van der Waals surface area contributed by atoms with Gasteiger partial charge in [0.1, 0.15) is 17.4 Å². The molecule has 1 atom stereocenters.